The molecule has 2 unspecified atom stereocenters. The SMILES string of the molecule is C=CC(=O)OCCC.C=CC(=O)OCCCCCCC(=O)OC(COCCOc1cccc(OCCOCC(COc2ccccc2)OC(=O)CCCCC)c1)COc1ccccc1. The van der Waals surface area contributed by atoms with E-state index in [2.05, 4.69) is 24.8 Å². The predicted molar refractivity (Wildman–Crippen MR) is 243 cm³/mol. The Kier molecular flexibility index (Phi) is 31.0. The van der Waals surface area contributed by atoms with Crippen molar-refractivity contribution in [2.24, 2.45) is 0 Å². The third-order valence-corrected chi connectivity index (χ3v) is 8.65. The fourth-order valence-electron chi connectivity index (χ4n) is 5.39. The first-order valence-electron chi connectivity index (χ1n) is 22.1. The summed E-state index contributed by atoms with van der Waals surface area (Å²) in [7, 11) is 0. The van der Waals surface area contributed by atoms with E-state index in [1.54, 1.807) is 6.07 Å². The lowest BCUT2D eigenvalue weighted by Gasteiger charge is -2.19. The van der Waals surface area contributed by atoms with Crippen LogP contribution in [0.25, 0.3) is 0 Å². The summed E-state index contributed by atoms with van der Waals surface area (Å²) >= 11 is 0. The van der Waals surface area contributed by atoms with Gasteiger partial charge in [-0.15, -0.1) is 0 Å². The van der Waals surface area contributed by atoms with Crippen LogP contribution in [-0.2, 0) is 47.6 Å². The molecule has 0 aliphatic rings. The minimum atomic E-state index is -0.607. The molecule has 0 bridgehead atoms. The molecule has 0 saturated heterocycles. The molecule has 0 radical (unpaired) electrons. The first-order chi connectivity index (χ1) is 31.3. The van der Waals surface area contributed by atoms with Crippen molar-refractivity contribution in [2.45, 2.75) is 90.3 Å². The summed E-state index contributed by atoms with van der Waals surface area (Å²) in [5.74, 6) is 1.21. The molecule has 0 aliphatic carbocycles. The Morgan fingerprint density at radius 3 is 1.39 bits per heavy atom. The molecule has 0 aliphatic heterocycles. The smallest absolute Gasteiger partial charge is 0.330 e. The standard InChI is InChI=1S/C44H58O12.C6H10O2/c1-3-5-10-24-43(46)55-40(34-53-36-18-11-8-12-19-36)32-48-27-29-50-38-22-17-23-39(31-38)51-30-28-49-33-41(35-54-37-20-13-9-14-21-37)56-44(47)25-15-6-7-16-26-52-42(45)4-2;1-3-5-8-6(7)4-2/h4,8-9,11-14,17-23,31,40-41H,2-3,5-7,10,15-16,24-30,32-35H2,1H3;4H,2-3,5H2,1H3. The maximum atomic E-state index is 12.6. The normalized spacial score (nSPS) is 11.3. The maximum Gasteiger partial charge on any atom is 0.330 e. The van der Waals surface area contributed by atoms with Crippen LogP contribution in [0, 0.1) is 0 Å². The van der Waals surface area contributed by atoms with E-state index in [1.807, 2.05) is 85.8 Å². The number of hydrogen-bond donors (Lipinski definition) is 0. The van der Waals surface area contributed by atoms with E-state index >= 15 is 0 Å². The van der Waals surface area contributed by atoms with Crippen LogP contribution in [0.1, 0.15) is 78.1 Å². The molecule has 3 aromatic carbocycles. The molecule has 0 N–H and O–H groups in total. The van der Waals surface area contributed by atoms with E-state index < -0.39 is 18.2 Å². The Morgan fingerprint density at radius 1 is 0.469 bits per heavy atom. The van der Waals surface area contributed by atoms with Gasteiger partial charge in [-0.05, 0) is 62.1 Å². The highest BCUT2D eigenvalue weighted by atomic mass is 16.6. The minimum absolute atomic E-state index is 0.136. The van der Waals surface area contributed by atoms with Crippen molar-refractivity contribution in [2.75, 3.05) is 66.1 Å². The number of ether oxygens (including phenoxy) is 10. The molecule has 0 heterocycles. The lowest BCUT2D eigenvalue weighted by atomic mass is 10.1. The van der Waals surface area contributed by atoms with Crippen LogP contribution in [-0.4, -0.2) is 102 Å². The van der Waals surface area contributed by atoms with E-state index in [0.29, 0.717) is 49.1 Å². The van der Waals surface area contributed by atoms with Crippen LogP contribution < -0.4 is 18.9 Å². The zero-order valence-corrected chi connectivity index (χ0v) is 37.7. The maximum absolute atomic E-state index is 12.6. The van der Waals surface area contributed by atoms with Crippen molar-refractivity contribution in [3.05, 3.63) is 110 Å². The summed E-state index contributed by atoms with van der Waals surface area (Å²) in [6.45, 7) is 13.2. The highest BCUT2D eigenvalue weighted by Crippen LogP contribution is 2.20. The summed E-state index contributed by atoms with van der Waals surface area (Å²) in [4.78, 5) is 46.3. The number of carbonyl (C=O) groups excluding carboxylic acids is 4. The van der Waals surface area contributed by atoms with Crippen molar-refractivity contribution in [3.8, 4) is 23.0 Å². The van der Waals surface area contributed by atoms with Gasteiger partial charge in [0.2, 0.25) is 0 Å². The molecule has 0 amide bonds. The van der Waals surface area contributed by atoms with Crippen molar-refractivity contribution >= 4 is 23.9 Å². The number of rotatable bonds is 35. The van der Waals surface area contributed by atoms with Gasteiger partial charge in [-0.1, -0.05) is 95.2 Å². The molecule has 3 rings (SSSR count). The molecule has 0 aromatic heterocycles. The minimum Gasteiger partial charge on any atom is -0.491 e. The Morgan fingerprint density at radius 2 is 0.922 bits per heavy atom. The van der Waals surface area contributed by atoms with Gasteiger partial charge in [0, 0.05) is 31.1 Å². The Bertz CT molecular complexity index is 1700. The third-order valence-electron chi connectivity index (χ3n) is 8.65. The van der Waals surface area contributed by atoms with Gasteiger partial charge in [-0.2, -0.15) is 0 Å². The van der Waals surface area contributed by atoms with Gasteiger partial charge < -0.3 is 47.4 Å². The van der Waals surface area contributed by atoms with Crippen molar-refractivity contribution in [1.29, 1.82) is 0 Å². The number of esters is 4. The lowest BCUT2D eigenvalue weighted by Crippen LogP contribution is -2.30. The van der Waals surface area contributed by atoms with Gasteiger partial charge in [0.25, 0.3) is 0 Å². The number of para-hydroxylation sites is 2. The topological polar surface area (TPSA) is 161 Å². The molecule has 352 valence electrons. The highest BCUT2D eigenvalue weighted by Gasteiger charge is 2.18. The molecule has 0 saturated carbocycles. The quantitative estimate of drug-likeness (QED) is 0.0238. The number of benzene rings is 3. The third kappa shape index (κ3) is 28.7. The highest BCUT2D eigenvalue weighted by molar-refractivity contribution is 5.81. The first kappa shape index (κ1) is 54.3. The summed E-state index contributed by atoms with van der Waals surface area (Å²) < 4.78 is 55.9. The van der Waals surface area contributed by atoms with Gasteiger partial charge in [-0.3, -0.25) is 9.59 Å². The second kappa shape index (κ2) is 36.6. The van der Waals surface area contributed by atoms with E-state index in [0.717, 1.165) is 57.1 Å². The van der Waals surface area contributed by atoms with Crippen LogP contribution in [0.3, 0.4) is 0 Å². The zero-order valence-electron chi connectivity index (χ0n) is 37.7. The largest absolute Gasteiger partial charge is 0.491 e. The molecule has 2 atom stereocenters. The van der Waals surface area contributed by atoms with E-state index in [-0.39, 0.29) is 77.2 Å². The van der Waals surface area contributed by atoms with Crippen molar-refractivity contribution in [3.63, 3.8) is 0 Å². The van der Waals surface area contributed by atoms with Gasteiger partial charge in [0.1, 0.15) is 49.4 Å². The Labute approximate surface area is 379 Å². The predicted octanol–water partition coefficient (Wildman–Crippen LogP) is 8.84. The zero-order chi connectivity index (χ0) is 46.3. The van der Waals surface area contributed by atoms with Crippen molar-refractivity contribution in [1.82, 2.24) is 0 Å². The van der Waals surface area contributed by atoms with E-state index in [4.69, 9.17) is 42.6 Å². The molecule has 14 heteroatoms. The Balaban J connectivity index is 0.00000160. The van der Waals surface area contributed by atoms with Crippen LogP contribution in [0.2, 0.25) is 0 Å². The summed E-state index contributed by atoms with van der Waals surface area (Å²) in [5, 5.41) is 0. The molecule has 0 fully saturated rings. The number of hydrogen-bond acceptors (Lipinski definition) is 14. The van der Waals surface area contributed by atoms with Gasteiger partial charge in [0.05, 0.1) is 39.6 Å². The van der Waals surface area contributed by atoms with Crippen LogP contribution in [0.5, 0.6) is 23.0 Å². The summed E-state index contributed by atoms with van der Waals surface area (Å²) in [6.07, 6.45) is 8.44. The van der Waals surface area contributed by atoms with Crippen LogP contribution in [0.15, 0.2) is 110 Å². The number of unbranched alkanes of at least 4 members (excludes halogenated alkanes) is 5. The van der Waals surface area contributed by atoms with Gasteiger partial charge in [-0.25, -0.2) is 9.59 Å². The van der Waals surface area contributed by atoms with E-state index in [1.165, 1.54) is 0 Å². The van der Waals surface area contributed by atoms with Gasteiger partial charge in [0.15, 0.2) is 12.2 Å². The summed E-state index contributed by atoms with van der Waals surface area (Å²) in [5.41, 5.74) is 0. The van der Waals surface area contributed by atoms with E-state index in [9.17, 15) is 19.2 Å². The average molecular weight is 893 g/mol. The number of carbonyl (C=O) groups is 4. The second-order valence-corrected chi connectivity index (χ2v) is 14.2. The molecular formula is C50H68O14. The fourth-order valence-corrected chi connectivity index (χ4v) is 5.39. The van der Waals surface area contributed by atoms with Gasteiger partial charge >= 0.3 is 23.9 Å². The van der Waals surface area contributed by atoms with Crippen LogP contribution >= 0.6 is 0 Å². The second-order valence-electron chi connectivity index (χ2n) is 14.2. The summed E-state index contributed by atoms with van der Waals surface area (Å²) in [6, 6.07) is 25.9. The lowest BCUT2D eigenvalue weighted by molar-refractivity contribution is -0.155. The molecule has 64 heavy (non-hydrogen) atoms. The first-order valence-corrected chi connectivity index (χ1v) is 22.1. The molecule has 3 aromatic rings. The molecule has 14 nitrogen and oxygen atoms in total. The monoisotopic (exact) mass is 892 g/mol. The molecule has 0 spiro atoms. The molecular weight excluding hydrogens is 825 g/mol. The Hall–Kier alpha value is -5.86. The van der Waals surface area contributed by atoms with Crippen molar-refractivity contribution < 1.29 is 66.5 Å². The average Bonchev–Trinajstić information content (AvgIpc) is 3.31. The van der Waals surface area contributed by atoms with Crippen LogP contribution in [0.4, 0.5) is 0 Å². The fraction of sp³-hybridized carbons (Fsp3) is 0.480.